The van der Waals surface area contributed by atoms with Crippen LogP contribution in [0.1, 0.15) is 29.4 Å². The maximum atomic E-state index is 12.9. The molecule has 1 amide bonds. The molecular formula is C23H25N3O4. The highest BCUT2D eigenvalue weighted by Crippen LogP contribution is 2.34. The number of carbonyl (C=O) groups is 1. The summed E-state index contributed by atoms with van der Waals surface area (Å²) in [5.74, 6) is 1.51. The number of aromatic nitrogens is 1. The van der Waals surface area contributed by atoms with Crippen LogP contribution < -0.4 is 25.3 Å². The number of para-hydroxylation sites is 1. The average Bonchev–Trinajstić information content (AvgIpc) is 2.75. The predicted octanol–water partition coefficient (Wildman–Crippen LogP) is 3.48. The monoisotopic (exact) mass is 407 g/mol. The molecule has 1 atom stereocenters. The molecule has 2 aromatic carbocycles. The van der Waals surface area contributed by atoms with Crippen LogP contribution in [0.4, 0.5) is 5.69 Å². The first-order valence-electron chi connectivity index (χ1n) is 10.0. The number of nitrogens with two attached hydrogens (primary N) is 1. The van der Waals surface area contributed by atoms with E-state index >= 15 is 0 Å². The summed E-state index contributed by atoms with van der Waals surface area (Å²) in [7, 11) is 0. The highest BCUT2D eigenvalue weighted by molar-refractivity contribution is 5.98. The van der Waals surface area contributed by atoms with Gasteiger partial charge in [0, 0.05) is 11.4 Å². The van der Waals surface area contributed by atoms with Crippen LogP contribution in [0.3, 0.4) is 0 Å². The Morgan fingerprint density at radius 1 is 1.23 bits per heavy atom. The summed E-state index contributed by atoms with van der Waals surface area (Å²) in [6.07, 6.45) is 0.704. The van der Waals surface area contributed by atoms with E-state index < -0.39 is 0 Å². The number of anilines is 1. The number of rotatable bonds is 6. The Morgan fingerprint density at radius 3 is 2.87 bits per heavy atom. The minimum absolute atomic E-state index is 0.187. The van der Waals surface area contributed by atoms with E-state index in [1.54, 1.807) is 18.2 Å². The van der Waals surface area contributed by atoms with E-state index in [1.165, 1.54) is 0 Å². The van der Waals surface area contributed by atoms with Crippen LogP contribution in [0.2, 0.25) is 0 Å². The maximum Gasteiger partial charge on any atom is 0.255 e. The zero-order chi connectivity index (χ0) is 21.1. The Kier molecular flexibility index (Phi) is 5.61. The molecule has 0 radical (unpaired) electrons. The van der Waals surface area contributed by atoms with E-state index in [0.29, 0.717) is 54.7 Å². The highest BCUT2D eigenvalue weighted by Gasteiger charge is 2.22. The second kappa shape index (κ2) is 8.49. The first-order chi connectivity index (χ1) is 14.6. The van der Waals surface area contributed by atoms with Gasteiger partial charge >= 0.3 is 0 Å². The lowest BCUT2D eigenvalue weighted by molar-refractivity contribution is 0.0909. The van der Waals surface area contributed by atoms with Gasteiger partial charge in [-0.05, 0) is 43.7 Å². The summed E-state index contributed by atoms with van der Waals surface area (Å²) in [4.78, 5) is 17.4. The fraction of sp³-hybridized carbons (Fsp3) is 0.304. The molecule has 1 aromatic heterocycles. The van der Waals surface area contributed by atoms with Crippen molar-refractivity contribution in [2.75, 3.05) is 25.6 Å². The van der Waals surface area contributed by atoms with Crippen LogP contribution in [-0.4, -0.2) is 36.8 Å². The van der Waals surface area contributed by atoms with Gasteiger partial charge in [-0.25, -0.2) is 0 Å². The van der Waals surface area contributed by atoms with Crippen molar-refractivity contribution in [3.8, 4) is 17.2 Å². The second-order valence-corrected chi connectivity index (χ2v) is 7.22. The van der Waals surface area contributed by atoms with Gasteiger partial charge in [0.05, 0.1) is 22.5 Å². The number of fused-ring (bicyclic) bond motifs is 2. The molecule has 156 valence electrons. The number of nitrogen functional groups attached to an aromatic ring is 1. The Hall–Kier alpha value is -3.48. The van der Waals surface area contributed by atoms with Gasteiger partial charge in [-0.3, -0.25) is 9.78 Å². The Morgan fingerprint density at radius 2 is 2.03 bits per heavy atom. The van der Waals surface area contributed by atoms with Crippen molar-refractivity contribution in [2.45, 2.75) is 26.3 Å². The fourth-order valence-corrected chi connectivity index (χ4v) is 3.51. The lowest BCUT2D eigenvalue weighted by Crippen LogP contribution is -2.39. The van der Waals surface area contributed by atoms with Crippen molar-refractivity contribution in [2.24, 2.45) is 0 Å². The average molecular weight is 407 g/mol. The van der Waals surface area contributed by atoms with Gasteiger partial charge in [-0.1, -0.05) is 19.1 Å². The summed E-state index contributed by atoms with van der Waals surface area (Å²) in [6, 6.07) is 12.6. The van der Waals surface area contributed by atoms with Gasteiger partial charge in [-0.2, -0.15) is 0 Å². The van der Waals surface area contributed by atoms with Crippen molar-refractivity contribution in [1.82, 2.24) is 10.3 Å². The van der Waals surface area contributed by atoms with Crippen molar-refractivity contribution in [3.05, 3.63) is 53.7 Å². The highest BCUT2D eigenvalue weighted by atomic mass is 16.6. The largest absolute Gasteiger partial charge is 0.491 e. The number of carbonyl (C=O) groups excluding carboxylic acids is 1. The smallest absolute Gasteiger partial charge is 0.255 e. The molecular weight excluding hydrogens is 382 g/mol. The number of hydrogen-bond acceptors (Lipinski definition) is 6. The third kappa shape index (κ3) is 3.96. The minimum atomic E-state index is -0.220. The van der Waals surface area contributed by atoms with Crippen LogP contribution in [-0.2, 0) is 0 Å². The molecule has 7 nitrogen and oxygen atoms in total. The normalized spacial score (nSPS) is 13.7. The Bertz CT molecular complexity index is 1080. The number of nitrogens with zero attached hydrogens (tertiary/aromatic N) is 1. The predicted molar refractivity (Wildman–Crippen MR) is 115 cm³/mol. The molecule has 0 saturated carbocycles. The SMILES string of the molecule is CC[C@@H](COc1cccc2nc(C)cc(N)c12)NC(=O)c1cccc2c1OCCO2. The van der Waals surface area contributed by atoms with Gasteiger partial charge in [0.2, 0.25) is 0 Å². The number of amides is 1. The van der Waals surface area contributed by atoms with Crippen molar-refractivity contribution in [3.63, 3.8) is 0 Å². The number of ether oxygens (including phenoxy) is 3. The molecule has 3 aromatic rings. The van der Waals surface area contributed by atoms with Crippen LogP contribution in [0.25, 0.3) is 10.9 Å². The zero-order valence-corrected chi connectivity index (χ0v) is 17.1. The van der Waals surface area contributed by atoms with Gasteiger partial charge < -0.3 is 25.3 Å². The first-order valence-corrected chi connectivity index (χ1v) is 10.0. The standard InChI is InChI=1S/C23H25N3O4/c1-3-15(26-23(27)16-6-4-9-20-22(16)29-11-10-28-20)13-30-19-8-5-7-18-21(19)17(24)12-14(2)25-18/h4-9,12,15H,3,10-11,13H2,1-2H3,(H2,24,25)(H,26,27)/t15-/m0/s1. The van der Waals surface area contributed by atoms with E-state index in [0.717, 1.165) is 16.6 Å². The second-order valence-electron chi connectivity index (χ2n) is 7.22. The Labute approximate surface area is 175 Å². The fourth-order valence-electron chi connectivity index (χ4n) is 3.51. The molecule has 0 unspecified atom stereocenters. The summed E-state index contributed by atoms with van der Waals surface area (Å²) >= 11 is 0. The molecule has 1 aliphatic heterocycles. The van der Waals surface area contributed by atoms with Crippen LogP contribution in [0.15, 0.2) is 42.5 Å². The lowest BCUT2D eigenvalue weighted by Gasteiger charge is -2.22. The molecule has 0 fully saturated rings. The van der Waals surface area contributed by atoms with E-state index in [1.807, 2.05) is 38.1 Å². The van der Waals surface area contributed by atoms with Gasteiger partial charge in [0.15, 0.2) is 11.5 Å². The number of pyridine rings is 1. The van der Waals surface area contributed by atoms with Crippen LogP contribution in [0, 0.1) is 6.92 Å². The lowest BCUT2D eigenvalue weighted by atomic mass is 10.1. The minimum Gasteiger partial charge on any atom is -0.491 e. The third-order valence-electron chi connectivity index (χ3n) is 5.03. The van der Waals surface area contributed by atoms with Crippen molar-refractivity contribution in [1.29, 1.82) is 0 Å². The number of hydrogen-bond donors (Lipinski definition) is 2. The summed E-state index contributed by atoms with van der Waals surface area (Å²) in [6.45, 7) is 5.11. The molecule has 0 saturated heterocycles. The van der Waals surface area contributed by atoms with E-state index in [-0.39, 0.29) is 11.9 Å². The molecule has 0 spiro atoms. The summed E-state index contributed by atoms with van der Waals surface area (Å²) < 4.78 is 17.3. The maximum absolute atomic E-state index is 12.9. The summed E-state index contributed by atoms with van der Waals surface area (Å²) in [5, 5.41) is 3.81. The van der Waals surface area contributed by atoms with Crippen molar-refractivity contribution < 1.29 is 19.0 Å². The van der Waals surface area contributed by atoms with E-state index in [2.05, 4.69) is 10.3 Å². The summed E-state index contributed by atoms with van der Waals surface area (Å²) in [5.41, 5.74) is 8.93. The van der Waals surface area contributed by atoms with E-state index in [9.17, 15) is 4.79 Å². The Balaban J connectivity index is 1.49. The molecule has 3 N–H and O–H groups in total. The number of benzene rings is 2. The first kappa shape index (κ1) is 19.8. The van der Waals surface area contributed by atoms with E-state index in [4.69, 9.17) is 19.9 Å². The topological polar surface area (TPSA) is 95.7 Å². The molecule has 2 heterocycles. The third-order valence-corrected chi connectivity index (χ3v) is 5.03. The molecule has 0 bridgehead atoms. The molecule has 1 aliphatic rings. The van der Waals surface area contributed by atoms with Gasteiger partial charge in [0.25, 0.3) is 5.91 Å². The quantitative estimate of drug-likeness (QED) is 0.649. The molecule has 0 aliphatic carbocycles. The van der Waals surface area contributed by atoms with Crippen LogP contribution in [0.5, 0.6) is 17.2 Å². The number of nitrogens with one attached hydrogen (secondary N) is 1. The molecule has 4 rings (SSSR count). The van der Waals surface area contributed by atoms with Gasteiger partial charge in [-0.15, -0.1) is 0 Å². The zero-order valence-electron chi connectivity index (χ0n) is 17.1. The van der Waals surface area contributed by atoms with Crippen LogP contribution >= 0.6 is 0 Å². The van der Waals surface area contributed by atoms with Crippen molar-refractivity contribution >= 4 is 22.5 Å². The molecule has 30 heavy (non-hydrogen) atoms. The van der Waals surface area contributed by atoms with Gasteiger partial charge in [0.1, 0.15) is 25.6 Å². The number of aryl methyl sites for hydroxylation is 1. The molecule has 7 heteroatoms.